The molecule has 6 heteroatoms. The highest BCUT2D eigenvalue weighted by atomic mass is 19.1. The summed E-state index contributed by atoms with van der Waals surface area (Å²) in [6.45, 7) is 1.08. The first-order valence-corrected chi connectivity index (χ1v) is 10.1. The van der Waals surface area contributed by atoms with E-state index in [1.54, 1.807) is 41.3 Å². The van der Waals surface area contributed by atoms with Crippen molar-refractivity contribution in [3.8, 4) is 5.75 Å². The lowest BCUT2D eigenvalue weighted by Crippen LogP contribution is -2.38. The Morgan fingerprint density at radius 3 is 2.52 bits per heavy atom. The number of ether oxygens (including phenoxy) is 2. The van der Waals surface area contributed by atoms with Gasteiger partial charge in [-0.15, -0.1) is 0 Å². The third kappa shape index (κ3) is 5.28. The molecule has 1 amide bonds. The molecule has 0 saturated heterocycles. The minimum Gasteiger partial charge on any atom is -0.489 e. The molecule has 5 nitrogen and oxygen atoms in total. The molecule has 1 heterocycles. The second-order valence-corrected chi connectivity index (χ2v) is 7.35. The Labute approximate surface area is 180 Å². The zero-order valence-corrected chi connectivity index (χ0v) is 16.9. The predicted molar refractivity (Wildman–Crippen MR) is 113 cm³/mol. The molecular formula is C25H22FNO4. The van der Waals surface area contributed by atoms with Gasteiger partial charge in [-0.05, 0) is 53.4 Å². The number of carbonyl (C=O) groups is 2. The number of rotatable bonds is 6. The highest BCUT2D eigenvalue weighted by molar-refractivity contribution is 5.91. The van der Waals surface area contributed by atoms with Crippen molar-refractivity contribution in [1.82, 2.24) is 4.90 Å². The van der Waals surface area contributed by atoms with Crippen molar-refractivity contribution >= 4 is 11.9 Å². The molecule has 0 atom stereocenters. The van der Waals surface area contributed by atoms with Crippen molar-refractivity contribution < 1.29 is 23.5 Å². The number of hydrogen-bond donors (Lipinski definition) is 0. The van der Waals surface area contributed by atoms with Crippen LogP contribution in [0.15, 0.2) is 72.8 Å². The fourth-order valence-electron chi connectivity index (χ4n) is 3.47. The largest absolute Gasteiger partial charge is 0.489 e. The highest BCUT2D eigenvalue weighted by Gasteiger charge is 2.21. The fourth-order valence-corrected chi connectivity index (χ4v) is 3.47. The Balaban J connectivity index is 1.30. The van der Waals surface area contributed by atoms with Gasteiger partial charge in [0.05, 0.1) is 5.56 Å². The molecule has 3 aromatic rings. The average molecular weight is 419 g/mol. The summed E-state index contributed by atoms with van der Waals surface area (Å²) in [6, 6.07) is 20.6. The SMILES string of the molecule is O=C(OCC(=O)N1CCc2ccccc2C1)c1cccc(OCc2ccc(F)cc2)c1. The molecule has 0 fully saturated rings. The number of esters is 1. The van der Waals surface area contributed by atoms with Crippen LogP contribution in [0.25, 0.3) is 0 Å². The number of carbonyl (C=O) groups excluding carboxylic acids is 2. The molecule has 0 N–H and O–H groups in total. The maximum atomic E-state index is 13.0. The Kier molecular flexibility index (Phi) is 6.26. The lowest BCUT2D eigenvalue weighted by atomic mass is 10.00. The van der Waals surface area contributed by atoms with Crippen molar-refractivity contribution in [3.05, 3.63) is 101 Å². The van der Waals surface area contributed by atoms with Gasteiger partial charge in [0.1, 0.15) is 18.2 Å². The molecule has 3 aromatic carbocycles. The van der Waals surface area contributed by atoms with E-state index in [0.29, 0.717) is 24.4 Å². The van der Waals surface area contributed by atoms with Crippen LogP contribution < -0.4 is 4.74 Å². The average Bonchev–Trinajstić information content (AvgIpc) is 2.82. The summed E-state index contributed by atoms with van der Waals surface area (Å²) in [5.41, 5.74) is 3.48. The summed E-state index contributed by atoms with van der Waals surface area (Å²) in [5, 5.41) is 0. The molecule has 0 aliphatic carbocycles. The number of amides is 1. The van der Waals surface area contributed by atoms with Crippen LogP contribution in [0.2, 0.25) is 0 Å². The summed E-state index contributed by atoms with van der Waals surface area (Å²) >= 11 is 0. The van der Waals surface area contributed by atoms with E-state index in [4.69, 9.17) is 9.47 Å². The van der Waals surface area contributed by atoms with Crippen molar-refractivity contribution in [3.63, 3.8) is 0 Å². The molecule has 1 aliphatic rings. The third-order valence-corrected chi connectivity index (χ3v) is 5.20. The van der Waals surface area contributed by atoms with Gasteiger partial charge in [0.15, 0.2) is 6.61 Å². The van der Waals surface area contributed by atoms with Gasteiger partial charge >= 0.3 is 5.97 Å². The molecule has 0 aromatic heterocycles. The lowest BCUT2D eigenvalue weighted by molar-refractivity contribution is -0.135. The van der Waals surface area contributed by atoms with Crippen molar-refractivity contribution in [1.29, 1.82) is 0 Å². The van der Waals surface area contributed by atoms with E-state index >= 15 is 0 Å². The molecule has 0 unspecified atom stereocenters. The standard InChI is InChI=1S/C25H22FNO4/c26-22-10-8-18(9-11-22)16-30-23-7-3-6-20(14-23)25(29)31-17-24(28)27-13-12-19-4-1-2-5-21(19)15-27/h1-11,14H,12-13,15-17H2. The first kappa shape index (κ1) is 20.6. The van der Waals surface area contributed by atoms with Crippen molar-refractivity contribution in [2.75, 3.05) is 13.2 Å². The van der Waals surface area contributed by atoms with Crippen LogP contribution in [0.4, 0.5) is 4.39 Å². The Bertz CT molecular complexity index is 1080. The molecule has 0 radical (unpaired) electrons. The van der Waals surface area contributed by atoms with Gasteiger partial charge in [-0.1, -0.05) is 42.5 Å². The number of benzene rings is 3. The van der Waals surface area contributed by atoms with Gasteiger partial charge in [0.25, 0.3) is 5.91 Å². The van der Waals surface area contributed by atoms with Crippen LogP contribution >= 0.6 is 0 Å². The predicted octanol–water partition coefficient (Wildman–Crippen LogP) is 4.15. The van der Waals surface area contributed by atoms with E-state index in [1.807, 2.05) is 18.2 Å². The molecule has 1 aliphatic heterocycles. The van der Waals surface area contributed by atoms with E-state index in [1.165, 1.54) is 17.7 Å². The quantitative estimate of drug-likeness (QED) is 0.564. The van der Waals surface area contributed by atoms with Crippen LogP contribution in [0.5, 0.6) is 5.75 Å². The Morgan fingerprint density at radius 1 is 0.935 bits per heavy atom. The van der Waals surface area contributed by atoms with Crippen molar-refractivity contribution in [2.45, 2.75) is 19.6 Å². The molecule has 0 saturated carbocycles. The smallest absolute Gasteiger partial charge is 0.338 e. The maximum absolute atomic E-state index is 13.0. The Hall–Kier alpha value is -3.67. The molecule has 0 spiro atoms. The van der Waals surface area contributed by atoms with Crippen LogP contribution in [0.1, 0.15) is 27.0 Å². The first-order chi connectivity index (χ1) is 15.1. The second-order valence-electron chi connectivity index (χ2n) is 7.35. The lowest BCUT2D eigenvalue weighted by Gasteiger charge is -2.28. The number of nitrogens with zero attached hydrogens (tertiary/aromatic N) is 1. The monoisotopic (exact) mass is 419 g/mol. The highest BCUT2D eigenvalue weighted by Crippen LogP contribution is 2.19. The molecular weight excluding hydrogens is 397 g/mol. The Morgan fingerprint density at radius 2 is 1.71 bits per heavy atom. The molecule has 4 rings (SSSR count). The van der Waals surface area contributed by atoms with Gasteiger partial charge in [0, 0.05) is 13.1 Å². The summed E-state index contributed by atoms with van der Waals surface area (Å²) in [5.74, 6) is -0.626. The zero-order valence-electron chi connectivity index (χ0n) is 16.9. The van der Waals surface area contributed by atoms with Gasteiger partial charge in [0.2, 0.25) is 0 Å². The summed E-state index contributed by atoms with van der Waals surface area (Å²) in [6.07, 6.45) is 0.795. The minimum absolute atomic E-state index is 0.216. The van der Waals surface area contributed by atoms with Gasteiger partial charge in [-0.2, -0.15) is 0 Å². The number of halogens is 1. The fraction of sp³-hybridized carbons (Fsp3) is 0.200. The van der Waals surface area contributed by atoms with Crippen LogP contribution in [0.3, 0.4) is 0 Å². The second kappa shape index (κ2) is 9.43. The van der Waals surface area contributed by atoms with E-state index in [9.17, 15) is 14.0 Å². The topological polar surface area (TPSA) is 55.8 Å². The first-order valence-electron chi connectivity index (χ1n) is 10.1. The summed E-state index contributed by atoms with van der Waals surface area (Å²) < 4.78 is 23.9. The zero-order chi connectivity index (χ0) is 21.6. The van der Waals surface area contributed by atoms with Gasteiger partial charge < -0.3 is 14.4 Å². The summed E-state index contributed by atoms with van der Waals surface area (Å²) in [7, 11) is 0. The van der Waals surface area contributed by atoms with Crippen LogP contribution in [-0.2, 0) is 29.1 Å². The van der Waals surface area contributed by atoms with E-state index < -0.39 is 5.97 Å². The molecule has 31 heavy (non-hydrogen) atoms. The van der Waals surface area contributed by atoms with E-state index in [-0.39, 0.29) is 24.9 Å². The third-order valence-electron chi connectivity index (χ3n) is 5.20. The molecule has 158 valence electrons. The van der Waals surface area contributed by atoms with Crippen LogP contribution in [0, 0.1) is 5.82 Å². The molecule has 0 bridgehead atoms. The normalized spacial score (nSPS) is 12.7. The minimum atomic E-state index is -0.585. The van der Waals surface area contributed by atoms with E-state index in [0.717, 1.165) is 17.5 Å². The number of hydrogen-bond acceptors (Lipinski definition) is 4. The van der Waals surface area contributed by atoms with E-state index in [2.05, 4.69) is 6.07 Å². The van der Waals surface area contributed by atoms with Gasteiger partial charge in [-0.25, -0.2) is 9.18 Å². The van der Waals surface area contributed by atoms with Crippen molar-refractivity contribution in [2.24, 2.45) is 0 Å². The summed E-state index contributed by atoms with van der Waals surface area (Å²) in [4.78, 5) is 26.6. The van der Waals surface area contributed by atoms with Gasteiger partial charge in [-0.3, -0.25) is 4.79 Å². The number of fused-ring (bicyclic) bond motifs is 1. The van der Waals surface area contributed by atoms with Crippen LogP contribution in [-0.4, -0.2) is 29.9 Å². The maximum Gasteiger partial charge on any atom is 0.338 e.